The van der Waals surface area contributed by atoms with Crippen LogP contribution in [0.5, 0.6) is 5.88 Å². The molecule has 0 aliphatic heterocycles. The van der Waals surface area contributed by atoms with E-state index in [0.717, 1.165) is 5.56 Å². The number of hydrogen-bond donors (Lipinski definition) is 0. The molecule has 6 heteroatoms. The normalized spacial score (nSPS) is 24.8. The van der Waals surface area contributed by atoms with Crippen LogP contribution in [0.15, 0.2) is 47.0 Å². The minimum absolute atomic E-state index is 0.112. The average molecular weight is 339 g/mol. The number of ether oxygens (including phenoxy) is 2. The Morgan fingerprint density at radius 2 is 2.08 bits per heavy atom. The zero-order valence-electron chi connectivity index (χ0n) is 13.7. The fourth-order valence-electron chi connectivity index (χ4n) is 3.62. The van der Waals surface area contributed by atoms with Gasteiger partial charge in [-0.05, 0) is 23.2 Å². The Labute approximate surface area is 144 Å². The summed E-state index contributed by atoms with van der Waals surface area (Å²) in [6.45, 7) is 0.254. The Hall–Kier alpha value is -2.73. The molecule has 1 aromatic carbocycles. The fraction of sp³-hybridized carbons (Fsp3) is 0.316. The second kappa shape index (κ2) is 5.97. The molecule has 2 atom stereocenters. The topological polar surface area (TPSA) is 78.6 Å². The van der Waals surface area contributed by atoms with Crippen LogP contribution in [0.25, 0.3) is 0 Å². The number of allylic oxidation sites excluding steroid dienone is 1. The molecule has 0 saturated carbocycles. The summed E-state index contributed by atoms with van der Waals surface area (Å²) in [5.74, 6) is -0.489. The first-order valence-electron chi connectivity index (χ1n) is 8.13. The molecule has 0 N–H and O–H groups in total. The van der Waals surface area contributed by atoms with Gasteiger partial charge in [0, 0.05) is 19.4 Å². The molecule has 0 spiro atoms. The molecule has 0 fully saturated rings. The Kier molecular flexibility index (Phi) is 3.77. The number of carbonyl (C=O) groups is 2. The number of Topliss-reactive ketones (excluding diaryl/α,β-unsaturated/α-hetero) is 1. The van der Waals surface area contributed by atoms with Crippen LogP contribution in [-0.4, -0.2) is 29.4 Å². The maximum Gasteiger partial charge on any atom is 0.265 e. The predicted octanol–water partition coefficient (Wildman–Crippen LogP) is 2.52. The van der Waals surface area contributed by atoms with Crippen molar-refractivity contribution in [3.63, 3.8) is 0 Å². The van der Waals surface area contributed by atoms with Gasteiger partial charge in [-0.3, -0.25) is 9.59 Å². The molecular weight excluding hydrogens is 322 g/mol. The van der Waals surface area contributed by atoms with Crippen molar-refractivity contribution in [3.8, 4) is 5.88 Å². The molecule has 6 nitrogen and oxygen atoms in total. The number of carbonyl (C=O) groups excluding carboxylic acids is 2. The van der Waals surface area contributed by atoms with Crippen molar-refractivity contribution in [2.45, 2.75) is 25.0 Å². The highest BCUT2D eigenvalue weighted by Gasteiger charge is 2.58. The maximum absolute atomic E-state index is 13.1. The van der Waals surface area contributed by atoms with E-state index in [1.807, 2.05) is 30.3 Å². The highest BCUT2D eigenvalue weighted by molar-refractivity contribution is 6.23. The molecule has 25 heavy (non-hydrogen) atoms. The van der Waals surface area contributed by atoms with Crippen molar-refractivity contribution < 1.29 is 23.6 Å². The van der Waals surface area contributed by atoms with E-state index in [1.165, 1.54) is 13.2 Å². The van der Waals surface area contributed by atoms with Crippen molar-refractivity contribution in [2.24, 2.45) is 5.92 Å². The van der Waals surface area contributed by atoms with Gasteiger partial charge in [-0.1, -0.05) is 36.4 Å². The lowest BCUT2D eigenvalue weighted by Crippen LogP contribution is -2.57. The Morgan fingerprint density at radius 1 is 1.28 bits per heavy atom. The van der Waals surface area contributed by atoms with Gasteiger partial charge in [0.2, 0.25) is 5.78 Å². The van der Waals surface area contributed by atoms with Gasteiger partial charge < -0.3 is 14.0 Å². The van der Waals surface area contributed by atoms with Crippen molar-refractivity contribution in [3.05, 3.63) is 59.4 Å². The molecule has 0 saturated heterocycles. The summed E-state index contributed by atoms with van der Waals surface area (Å²) in [5.41, 5.74) is -0.339. The van der Waals surface area contributed by atoms with Crippen LogP contribution < -0.4 is 4.74 Å². The number of nitrogens with zero attached hydrogens (tertiary/aromatic N) is 1. The van der Waals surface area contributed by atoms with Crippen LogP contribution in [-0.2, 0) is 22.6 Å². The van der Waals surface area contributed by atoms with E-state index in [2.05, 4.69) is 5.16 Å². The van der Waals surface area contributed by atoms with Crippen molar-refractivity contribution in [1.29, 1.82) is 0 Å². The van der Waals surface area contributed by atoms with Gasteiger partial charge in [-0.15, -0.1) is 0 Å². The fourth-order valence-corrected chi connectivity index (χ4v) is 3.62. The molecule has 2 aliphatic carbocycles. The van der Waals surface area contributed by atoms with E-state index in [4.69, 9.17) is 14.0 Å². The SMILES string of the molecule is COC12C(=O)C=CCC1Cc1onc(OCc3ccccc3)c1C2=O. The third kappa shape index (κ3) is 2.33. The number of rotatable bonds is 4. The Balaban J connectivity index is 1.68. The first-order chi connectivity index (χ1) is 12.2. The highest BCUT2D eigenvalue weighted by atomic mass is 16.5. The Morgan fingerprint density at radius 3 is 2.84 bits per heavy atom. The summed E-state index contributed by atoms with van der Waals surface area (Å²) < 4.78 is 16.5. The van der Waals surface area contributed by atoms with Crippen LogP contribution in [0.3, 0.4) is 0 Å². The van der Waals surface area contributed by atoms with Crippen molar-refractivity contribution in [2.75, 3.05) is 7.11 Å². The lowest BCUT2D eigenvalue weighted by molar-refractivity contribution is -0.137. The van der Waals surface area contributed by atoms with Gasteiger partial charge in [-0.25, -0.2) is 0 Å². The lowest BCUT2D eigenvalue weighted by atomic mass is 9.67. The molecule has 2 aromatic rings. The first kappa shape index (κ1) is 15.8. The maximum atomic E-state index is 13.1. The summed E-state index contributed by atoms with van der Waals surface area (Å²) in [6, 6.07) is 9.54. The molecule has 1 heterocycles. The molecule has 2 aliphatic rings. The van der Waals surface area contributed by atoms with Crippen molar-refractivity contribution >= 4 is 11.6 Å². The van der Waals surface area contributed by atoms with Gasteiger partial charge in [0.05, 0.1) is 0 Å². The number of aromatic nitrogens is 1. The molecule has 0 bridgehead atoms. The molecule has 0 radical (unpaired) electrons. The van der Waals surface area contributed by atoms with E-state index in [0.29, 0.717) is 18.6 Å². The molecule has 0 amide bonds. The molecule has 2 unspecified atom stereocenters. The largest absolute Gasteiger partial charge is 0.470 e. The zero-order chi connectivity index (χ0) is 17.4. The van der Waals surface area contributed by atoms with Gasteiger partial charge in [0.25, 0.3) is 5.88 Å². The summed E-state index contributed by atoms with van der Waals surface area (Å²) in [7, 11) is 1.39. The van der Waals surface area contributed by atoms with E-state index < -0.39 is 11.4 Å². The number of methoxy groups -OCH3 is 1. The van der Waals surface area contributed by atoms with E-state index >= 15 is 0 Å². The minimum Gasteiger partial charge on any atom is -0.470 e. The number of ketones is 2. The van der Waals surface area contributed by atoms with E-state index in [-0.39, 0.29) is 29.8 Å². The van der Waals surface area contributed by atoms with Crippen LogP contribution in [0.2, 0.25) is 0 Å². The average Bonchev–Trinajstić information content (AvgIpc) is 3.04. The lowest BCUT2D eigenvalue weighted by Gasteiger charge is -2.39. The highest BCUT2D eigenvalue weighted by Crippen LogP contribution is 2.43. The summed E-state index contributed by atoms with van der Waals surface area (Å²) in [5, 5.41) is 3.91. The third-order valence-electron chi connectivity index (χ3n) is 4.90. The molecule has 128 valence electrons. The van der Waals surface area contributed by atoms with E-state index in [9.17, 15) is 9.59 Å². The number of benzene rings is 1. The summed E-state index contributed by atoms with van der Waals surface area (Å²) in [4.78, 5) is 25.6. The quantitative estimate of drug-likeness (QED) is 0.797. The number of fused-ring (bicyclic) bond motifs is 2. The van der Waals surface area contributed by atoms with Crippen LogP contribution in [0.1, 0.15) is 28.1 Å². The molecular formula is C19H17NO5. The first-order valence-corrected chi connectivity index (χ1v) is 8.13. The van der Waals surface area contributed by atoms with Crippen molar-refractivity contribution in [1.82, 2.24) is 5.16 Å². The standard InChI is InChI=1S/C19H17NO5/c1-23-19-13(8-5-9-15(19)21)10-14-16(17(19)22)18(20-25-14)24-11-12-6-3-2-4-7-12/h2-7,9,13H,8,10-11H2,1H3. The molecule has 1 aromatic heterocycles. The van der Waals surface area contributed by atoms with Crippen LogP contribution in [0.4, 0.5) is 0 Å². The van der Waals surface area contributed by atoms with Gasteiger partial charge >= 0.3 is 0 Å². The Bertz CT molecular complexity index is 854. The second-order valence-electron chi connectivity index (χ2n) is 6.23. The van der Waals surface area contributed by atoms with Gasteiger partial charge in [-0.2, -0.15) is 0 Å². The van der Waals surface area contributed by atoms with Gasteiger partial charge in [0.15, 0.2) is 17.1 Å². The molecule has 4 rings (SSSR count). The monoisotopic (exact) mass is 339 g/mol. The van der Waals surface area contributed by atoms with Crippen LogP contribution >= 0.6 is 0 Å². The van der Waals surface area contributed by atoms with Crippen LogP contribution in [0, 0.1) is 5.92 Å². The summed E-state index contributed by atoms with van der Waals surface area (Å²) >= 11 is 0. The third-order valence-corrected chi connectivity index (χ3v) is 4.90. The van der Waals surface area contributed by atoms with Gasteiger partial charge in [0.1, 0.15) is 12.2 Å². The predicted molar refractivity (Wildman–Crippen MR) is 87.3 cm³/mol. The van der Waals surface area contributed by atoms with E-state index in [1.54, 1.807) is 6.08 Å². The smallest absolute Gasteiger partial charge is 0.265 e. The minimum atomic E-state index is -1.50. The summed E-state index contributed by atoms with van der Waals surface area (Å²) in [6.07, 6.45) is 4.17. The number of hydrogen-bond acceptors (Lipinski definition) is 6. The second-order valence-corrected chi connectivity index (χ2v) is 6.23. The zero-order valence-corrected chi connectivity index (χ0v) is 13.7.